The molecule has 18 heteroatoms. The zero-order valence-electron chi connectivity index (χ0n) is 25.4. The van der Waals surface area contributed by atoms with Crippen LogP contribution >= 0.6 is 38.6 Å². The van der Waals surface area contributed by atoms with Gasteiger partial charge in [-0.3, -0.25) is 4.68 Å². The number of rotatable bonds is 9. The second-order valence-electron chi connectivity index (χ2n) is 10.2. The molecule has 0 atom stereocenters. The van der Waals surface area contributed by atoms with Crippen molar-refractivity contribution in [1.29, 1.82) is 0 Å². The molecule has 5 aromatic rings. The SMILES string of the molecule is CCc1ccc(S(=O)(=O)c2ccc(S(C)(=O)=O)c(Br)c2)s1.Cn1cc(-c2cc(S(=O)(=O)c3ccc(CN)s3)ccc2S(C)(=O)=O)cn1. The number of hydrogen-bond acceptors (Lipinski definition) is 12. The van der Waals surface area contributed by atoms with Crippen LogP contribution in [0, 0.1) is 0 Å². The normalized spacial score (nSPS) is 12.5. The van der Waals surface area contributed by atoms with Crippen LogP contribution in [0.5, 0.6) is 0 Å². The fraction of sp³-hybridized carbons (Fsp3) is 0.207. The van der Waals surface area contributed by atoms with Crippen LogP contribution in [0.15, 0.2) is 106 Å². The lowest BCUT2D eigenvalue weighted by molar-refractivity contribution is 0.595. The first-order valence-electron chi connectivity index (χ1n) is 13.5. The van der Waals surface area contributed by atoms with Crippen LogP contribution in [0.1, 0.15) is 16.7 Å². The van der Waals surface area contributed by atoms with Gasteiger partial charge in [-0.2, -0.15) is 5.10 Å². The van der Waals surface area contributed by atoms with Crippen molar-refractivity contribution >= 4 is 78.0 Å². The molecule has 0 unspecified atom stereocenters. The fourth-order valence-corrected chi connectivity index (χ4v) is 12.7. The topological polar surface area (TPSA) is 180 Å². The molecule has 0 spiro atoms. The van der Waals surface area contributed by atoms with Gasteiger partial charge >= 0.3 is 0 Å². The Morgan fingerprint density at radius 3 is 1.68 bits per heavy atom. The summed E-state index contributed by atoms with van der Waals surface area (Å²) in [4.78, 5) is 1.96. The highest BCUT2D eigenvalue weighted by Crippen LogP contribution is 2.34. The summed E-state index contributed by atoms with van der Waals surface area (Å²) in [6.45, 7) is 2.22. The van der Waals surface area contributed by atoms with E-state index in [1.54, 1.807) is 31.4 Å². The third-order valence-corrected chi connectivity index (χ3v) is 16.7. The molecule has 47 heavy (non-hydrogen) atoms. The molecule has 2 N–H and O–H groups in total. The van der Waals surface area contributed by atoms with Gasteiger partial charge in [-0.25, -0.2) is 33.7 Å². The third-order valence-electron chi connectivity index (χ3n) is 6.64. The minimum absolute atomic E-state index is 0.0224. The van der Waals surface area contributed by atoms with Crippen LogP contribution in [0.3, 0.4) is 0 Å². The average molecular weight is 821 g/mol. The molecule has 0 radical (unpaired) electrons. The average Bonchev–Trinajstić information content (AvgIpc) is 3.77. The molecule has 11 nitrogen and oxygen atoms in total. The number of aryl methyl sites for hydroxylation is 2. The smallest absolute Gasteiger partial charge is 0.216 e. The van der Waals surface area contributed by atoms with Crippen molar-refractivity contribution in [2.45, 2.75) is 47.9 Å². The van der Waals surface area contributed by atoms with Crippen LogP contribution < -0.4 is 5.73 Å². The Bertz CT molecular complexity index is 2390. The molecular weight excluding hydrogens is 791 g/mol. The number of nitrogens with two attached hydrogens (primary N) is 1. The lowest BCUT2D eigenvalue weighted by atomic mass is 10.1. The number of hydrogen-bond donors (Lipinski definition) is 1. The van der Waals surface area contributed by atoms with Gasteiger partial charge in [0, 0.05) is 57.7 Å². The Morgan fingerprint density at radius 1 is 0.745 bits per heavy atom. The van der Waals surface area contributed by atoms with Crippen LogP contribution in [-0.2, 0) is 59.4 Å². The van der Waals surface area contributed by atoms with E-state index in [2.05, 4.69) is 21.0 Å². The van der Waals surface area contributed by atoms with Gasteiger partial charge in [0.2, 0.25) is 19.7 Å². The molecule has 3 heterocycles. The molecule has 0 bridgehead atoms. The molecule has 0 aliphatic heterocycles. The summed E-state index contributed by atoms with van der Waals surface area (Å²) < 4.78 is 100. The van der Waals surface area contributed by atoms with Crippen molar-refractivity contribution in [2.24, 2.45) is 12.8 Å². The van der Waals surface area contributed by atoms with E-state index in [1.807, 2.05) is 6.92 Å². The van der Waals surface area contributed by atoms with E-state index in [4.69, 9.17) is 5.73 Å². The van der Waals surface area contributed by atoms with Crippen molar-refractivity contribution in [3.63, 3.8) is 0 Å². The van der Waals surface area contributed by atoms with E-state index in [1.165, 1.54) is 64.7 Å². The molecule has 5 rings (SSSR count). The minimum Gasteiger partial charge on any atom is -0.326 e. The molecule has 0 aliphatic rings. The Kier molecular flexibility index (Phi) is 11.1. The minimum atomic E-state index is -3.77. The van der Waals surface area contributed by atoms with Crippen molar-refractivity contribution in [3.8, 4) is 11.1 Å². The zero-order valence-corrected chi connectivity index (χ0v) is 31.9. The number of benzene rings is 2. The maximum absolute atomic E-state index is 12.9. The maximum atomic E-state index is 12.9. The van der Waals surface area contributed by atoms with E-state index >= 15 is 0 Å². The van der Waals surface area contributed by atoms with E-state index in [0.717, 1.165) is 40.0 Å². The third kappa shape index (κ3) is 8.30. The number of thiophene rings is 2. The molecule has 0 saturated heterocycles. The van der Waals surface area contributed by atoms with Gasteiger partial charge in [0.05, 0.1) is 25.8 Å². The quantitative estimate of drug-likeness (QED) is 0.209. The summed E-state index contributed by atoms with van der Waals surface area (Å²) in [5, 5.41) is 4.04. The molecule has 3 aromatic heterocycles. The van der Waals surface area contributed by atoms with Gasteiger partial charge in [0.1, 0.15) is 8.42 Å². The summed E-state index contributed by atoms with van der Waals surface area (Å²) in [5.74, 6) is 0. The Morgan fingerprint density at radius 2 is 1.26 bits per heavy atom. The summed E-state index contributed by atoms with van der Waals surface area (Å²) in [5.41, 5.74) is 6.38. The van der Waals surface area contributed by atoms with Crippen LogP contribution in [0.25, 0.3) is 11.1 Å². The summed E-state index contributed by atoms with van der Waals surface area (Å²) >= 11 is 5.46. The van der Waals surface area contributed by atoms with Crippen molar-refractivity contribution in [3.05, 3.63) is 87.3 Å². The fourth-order valence-electron chi connectivity index (χ4n) is 4.27. The van der Waals surface area contributed by atoms with Crippen LogP contribution in [-0.4, -0.2) is 56.0 Å². The van der Waals surface area contributed by atoms with Gasteiger partial charge in [-0.05, 0) is 83.0 Å². The largest absolute Gasteiger partial charge is 0.326 e. The lowest BCUT2D eigenvalue weighted by Gasteiger charge is -2.09. The zero-order chi connectivity index (χ0) is 34.9. The molecule has 252 valence electrons. The van der Waals surface area contributed by atoms with E-state index in [0.29, 0.717) is 11.1 Å². The molecule has 0 saturated carbocycles. The maximum Gasteiger partial charge on any atom is 0.216 e. The first-order chi connectivity index (χ1) is 21.8. The number of nitrogens with zero attached hydrogens (tertiary/aromatic N) is 2. The molecule has 0 aliphatic carbocycles. The second-order valence-corrected chi connectivity index (χ2v) is 21.7. The first-order valence-corrected chi connectivity index (χ1v) is 22.7. The highest BCUT2D eigenvalue weighted by atomic mass is 79.9. The number of sulfone groups is 4. The summed E-state index contributed by atoms with van der Waals surface area (Å²) in [7, 11) is -12.6. The van der Waals surface area contributed by atoms with Gasteiger partial charge in [0.25, 0.3) is 0 Å². The Hall–Kier alpha value is -2.71. The predicted octanol–water partition coefficient (Wildman–Crippen LogP) is 5.15. The predicted molar refractivity (Wildman–Crippen MR) is 186 cm³/mol. The van der Waals surface area contributed by atoms with Crippen molar-refractivity contribution in [2.75, 3.05) is 12.5 Å². The first kappa shape index (κ1) is 37.1. The second kappa shape index (κ2) is 14.0. The number of aromatic nitrogens is 2. The molecular formula is C29H30BrN3O8S6. The van der Waals surface area contributed by atoms with Gasteiger partial charge in [0.15, 0.2) is 19.7 Å². The molecule has 0 fully saturated rings. The monoisotopic (exact) mass is 819 g/mol. The Balaban J connectivity index is 0.000000218. The Labute approximate surface area is 290 Å². The van der Waals surface area contributed by atoms with Gasteiger partial charge < -0.3 is 5.73 Å². The highest BCUT2D eigenvalue weighted by molar-refractivity contribution is 9.10. The van der Waals surface area contributed by atoms with Crippen molar-refractivity contribution < 1.29 is 33.7 Å². The molecule has 0 amide bonds. The van der Waals surface area contributed by atoms with Gasteiger partial charge in [-0.15, -0.1) is 22.7 Å². The van der Waals surface area contributed by atoms with E-state index in [9.17, 15) is 33.7 Å². The number of halogens is 1. The molecule has 2 aromatic carbocycles. The van der Waals surface area contributed by atoms with Crippen LogP contribution in [0.2, 0.25) is 0 Å². The van der Waals surface area contributed by atoms with Crippen LogP contribution in [0.4, 0.5) is 0 Å². The van der Waals surface area contributed by atoms with Gasteiger partial charge in [-0.1, -0.05) is 6.92 Å². The highest BCUT2D eigenvalue weighted by Gasteiger charge is 2.25. The standard InChI is InChI=1S/C16H17N3O4S3.C13H13BrO4S3/c1-19-10-11(9-18-19)14-7-13(4-5-15(14)25(2,20)21)26(22,23)16-6-3-12(8-17)24-16;1-3-9-4-7-13(19-9)21(17,18)10-5-6-12(11(14)8-10)20(2,15)16/h3-7,9-10H,8,17H2,1-2H3;4-8H,3H2,1-2H3. The van der Waals surface area contributed by atoms with Crippen molar-refractivity contribution in [1.82, 2.24) is 9.78 Å². The van der Waals surface area contributed by atoms with E-state index < -0.39 is 39.3 Å². The lowest BCUT2D eigenvalue weighted by Crippen LogP contribution is -2.04. The summed E-state index contributed by atoms with van der Waals surface area (Å²) in [6, 6.07) is 14.5. The van der Waals surface area contributed by atoms with E-state index in [-0.39, 0.29) is 39.0 Å². The summed E-state index contributed by atoms with van der Waals surface area (Å²) in [6.07, 6.45) is 6.07.